The number of alkyl halides is 9. The van der Waals surface area contributed by atoms with E-state index in [1.165, 1.54) is 6.07 Å². The molecule has 1 atom stereocenters. The van der Waals surface area contributed by atoms with Gasteiger partial charge in [0, 0.05) is 18.4 Å². The van der Waals surface area contributed by atoms with Gasteiger partial charge in [-0.15, -0.1) is 0 Å². The predicted molar refractivity (Wildman–Crippen MR) is 128 cm³/mol. The molecular formula is C23H14Cl4F9NO2. The zero-order chi connectivity index (χ0) is 29.9. The summed E-state index contributed by atoms with van der Waals surface area (Å²) in [5.74, 6) is -4.75. The summed E-state index contributed by atoms with van der Waals surface area (Å²) in [4.78, 5) is 23.9. The van der Waals surface area contributed by atoms with E-state index in [-0.39, 0.29) is 36.8 Å². The first-order valence-electron chi connectivity index (χ1n) is 10.4. The number of carbonyl (C=O) groups excluding carboxylic acids is 2. The molecule has 39 heavy (non-hydrogen) atoms. The second kappa shape index (κ2) is 12.6. The van der Waals surface area contributed by atoms with E-state index in [2.05, 4.69) is 0 Å². The van der Waals surface area contributed by atoms with Crippen LogP contribution in [0.2, 0.25) is 20.1 Å². The summed E-state index contributed by atoms with van der Waals surface area (Å²) < 4.78 is 116. The molecule has 0 bridgehead atoms. The van der Waals surface area contributed by atoms with Crippen LogP contribution < -0.4 is 5.32 Å². The summed E-state index contributed by atoms with van der Waals surface area (Å²) in [6, 6.07) is 1.25. The number of rotatable bonds is 8. The molecule has 0 saturated heterocycles. The van der Waals surface area contributed by atoms with Gasteiger partial charge in [-0.25, -0.2) is 0 Å². The van der Waals surface area contributed by atoms with Crippen molar-refractivity contribution in [2.45, 2.75) is 43.3 Å². The zero-order valence-electron chi connectivity index (χ0n) is 18.8. The van der Waals surface area contributed by atoms with Gasteiger partial charge in [-0.3, -0.25) is 9.59 Å². The molecule has 0 aliphatic carbocycles. The van der Waals surface area contributed by atoms with Crippen molar-refractivity contribution in [3.05, 3.63) is 73.2 Å². The number of allylic oxidation sites excluding steroid dienone is 1. The van der Waals surface area contributed by atoms with E-state index in [1.807, 2.05) is 0 Å². The number of hydrogen-bond acceptors (Lipinski definition) is 2. The van der Waals surface area contributed by atoms with Crippen molar-refractivity contribution in [1.82, 2.24) is 5.32 Å². The van der Waals surface area contributed by atoms with E-state index < -0.39 is 55.0 Å². The SMILES string of the molecule is O=C(CCC(=O)c1ccc(/C=C/C(c2cc(Cl)c(Cl)c(Cl)c2)C(F)(F)F)cc1Cl)NC(C(F)(F)F)C(F)(F)F. The smallest absolute Gasteiger partial charge is 0.337 e. The first-order chi connectivity index (χ1) is 17.7. The molecule has 2 aromatic carbocycles. The van der Waals surface area contributed by atoms with Crippen LogP contribution >= 0.6 is 46.4 Å². The minimum Gasteiger partial charge on any atom is -0.337 e. The molecule has 0 aliphatic heterocycles. The second-order valence-electron chi connectivity index (χ2n) is 7.92. The normalized spacial score (nSPS) is 13.7. The summed E-state index contributed by atoms with van der Waals surface area (Å²) in [7, 11) is 0. The minimum absolute atomic E-state index is 0.105. The summed E-state index contributed by atoms with van der Waals surface area (Å²) in [6.07, 6.45) is -16.4. The predicted octanol–water partition coefficient (Wildman–Crippen LogP) is 9.23. The highest BCUT2D eigenvalue weighted by molar-refractivity contribution is 6.48. The maximum absolute atomic E-state index is 13.7. The molecule has 16 heteroatoms. The number of Topliss-reactive ketones (excluding diaryl/α,β-unsaturated/α-hetero) is 1. The Morgan fingerprint density at radius 1 is 0.769 bits per heavy atom. The van der Waals surface area contributed by atoms with Crippen molar-refractivity contribution in [2.24, 2.45) is 0 Å². The van der Waals surface area contributed by atoms with Gasteiger partial charge < -0.3 is 5.32 Å². The maximum Gasteiger partial charge on any atom is 0.417 e. The van der Waals surface area contributed by atoms with Gasteiger partial charge in [0.25, 0.3) is 0 Å². The molecule has 0 saturated carbocycles. The highest BCUT2D eigenvalue weighted by Gasteiger charge is 2.57. The minimum atomic E-state index is -5.80. The zero-order valence-corrected chi connectivity index (χ0v) is 21.9. The fourth-order valence-corrected chi connectivity index (χ4v) is 4.08. The monoisotopic (exact) mass is 647 g/mol. The summed E-state index contributed by atoms with van der Waals surface area (Å²) in [6.45, 7) is 0. The average Bonchev–Trinajstić information content (AvgIpc) is 2.77. The van der Waals surface area contributed by atoms with Crippen molar-refractivity contribution in [3.63, 3.8) is 0 Å². The van der Waals surface area contributed by atoms with Crippen molar-refractivity contribution >= 4 is 64.2 Å². The molecule has 0 spiro atoms. The third kappa shape index (κ3) is 9.19. The van der Waals surface area contributed by atoms with Gasteiger partial charge in [0.2, 0.25) is 11.9 Å². The highest BCUT2D eigenvalue weighted by atomic mass is 35.5. The van der Waals surface area contributed by atoms with Gasteiger partial charge in [-0.2, -0.15) is 39.5 Å². The van der Waals surface area contributed by atoms with E-state index in [0.717, 1.165) is 41.7 Å². The Kier molecular flexibility index (Phi) is 10.7. The van der Waals surface area contributed by atoms with E-state index >= 15 is 0 Å². The summed E-state index contributed by atoms with van der Waals surface area (Å²) in [5.41, 5.74) is -0.464. The Bertz CT molecular complexity index is 1220. The largest absolute Gasteiger partial charge is 0.417 e. The van der Waals surface area contributed by atoms with Crippen LogP contribution in [0.3, 0.4) is 0 Å². The van der Waals surface area contributed by atoms with Gasteiger partial charge >= 0.3 is 18.5 Å². The first-order valence-corrected chi connectivity index (χ1v) is 11.9. The van der Waals surface area contributed by atoms with Crippen LogP contribution in [0.1, 0.15) is 40.2 Å². The van der Waals surface area contributed by atoms with Crippen LogP contribution in [-0.2, 0) is 4.79 Å². The molecule has 0 fully saturated rings. The molecule has 1 amide bonds. The third-order valence-electron chi connectivity index (χ3n) is 5.03. The van der Waals surface area contributed by atoms with Gasteiger partial charge in [0.1, 0.15) is 0 Å². The van der Waals surface area contributed by atoms with E-state index in [1.54, 1.807) is 0 Å². The summed E-state index contributed by atoms with van der Waals surface area (Å²) in [5, 5.41) is -0.0220. The van der Waals surface area contributed by atoms with Crippen molar-refractivity contribution in [1.29, 1.82) is 0 Å². The van der Waals surface area contributed by atoms with Gasteiger partial charge in [0.15, 0.2) is 5.78 Å². The Hall–Kier alpha value is -2.15. The fourth-order valence-electron chi connectivity index (χ4n) is 3.18. The Morgan fingerprint density at radius 2 is 1.31 bits per heavy atom. The third-order valence-corrected chi connectivity index (χ3v) is 6.54. The molecular weight excluding hydrogens is 635 g/mol. The van der Waals surface area contributed by atoms with Crippen LogP contribution in [0.25, 0.3) is 6.08 Å². The number of nitrogens with one attached hydrogen (secondary N) is 1. The number of ketones is 1. The Labute approximate surface area is 234 Å². The quantitative estimate of drug-likeness (QED) is 0.176. The van der Waals surface area contributed by atoms with Crippen LogP contribution in [0, 0.1) is 0 Å². The van der Waals surface area contributed by atoms with Crippen molar-refractivity contribution in [2.75, 3.05) is 0 Å². The fraction of sp³-hybridized carbons (Fsp3) is 0.304. The van der Waals surface area contributed by atoms with Crippen molar-refractivity contribution < 1.29 is 49.1 Å². The lowest BCUT2D eigenvalue weighted by molar-refractivity contribution is -0.257. The van der Waals surface area contributed by atoms with Gasteiger partial charge in [-0.05, 0) is 35.4 Å². The number of hydrogen-bond donors (Lipinski definition) is 1. The highest BCUT2D eigenvalue weighted by Crippen LogP contribution is 2.41. The van der Waals surface area contributed by atoms with Crippen LogP contribution in [0.4, 0.5) is 39.5 Å². The van der Waals surface area contributed by atoms with E-state index in [0.29, 0.717) is 0 Å². The molecule has 1 unspecified atom stereocenters. The molecule has 0 heterocycles. The lowest BCUT2D eigenvalue weighted by Crippen LogP contribution is -2.54. The molecule has 3 nitrogen and oxygen atoms in total. The van der Waals surface area contributed by atoms with Crippen LogP contribution in [0.15, 0.2) is 36.4 Å². The number of halogens is 13. The number of amides is 1. The molecule has 214 valence electrons. The first kappa shape index (κ1) is 33.1. The average molecular weight is 649 g/mol. The molecule has 2 rings (SSSR count). The number of carbonyl (C=O) groups is 2. The lowest BCUT2D eigenvalue weighted by atomic mass is 9.96. The lowest BCUT2D eigenvalue weighted by Gasteiger charge is -2.23. The standard InChI is InChI=1S/C23H14Cl4F9NO2/c24-14-7-10(2-4-13(21(28,29)30)11-8-15(25)19(27)16(26)9-11)1-3-12(14)17(38)5-6-18(39)37-20(22(31,32)33)23(34,35)36/h1-4,7-9,13,20H,5-6H2,(H,37,39)/b4-2+. The second-order valence-corrected chi connectivity index (χ2v) is 9.52. The Balaban J connectivity index is 2.16. The topological polar surface area (TPSA) is 46.2 Å². The maximum atomic E-state index is 13.7. The molecule has 1 N–H and O–H groups in total. The number of benzene rings is 2. The molecule has 0 aliphatic rings. The summed E-state index contributed by atoms with van der Waals surface area (Å²) >= 11 is 23.4. The van der Waals surface area contributed by atoms with Gasteiger partial charge in [0.05, 0.1) is 26.0 Å². The van der Waals surface area contributed by atoms with E-state index in [4.69, 9.17) is 46.4 Å². The molecule has 2 aromatic rings. The van der Waals surface area contributed by atoms with Crippen LogP contribution in [-0.4, -0.2) is 36.3 Å². The van der Waals surface area contributed by atoms with Crippen LogP contribution in [0.5, 0.6) is 0 Å². The molecule has 0 aromatic heterocycles. The Morgan fingerprint density at radius 3 is 1.77 bits per heavy atom. The van der Waals surface area contributed by atoms with Gasteiger partial charge in [-0.1, -0.05) is 64.6 Å². The van der Waals surface area contributed by atoms with Crippen molar-refractivity contribution in [3.8, 4) is 0 Å². The molecule has 0 radical (unpaired) electrons. The van der Waals surface area contributed by atoms with E-state index in [9.17, 15) is 49.1 Å².